The maximum Gasteiger partial charge on any atom is 0.0616 e. The normalized spacial score (nSPS) is 32.5. The van der Waals surface area contributed by atoms with Crippen molar-refractivity contribution in [2.24, 2.45) is 0 Å². The molecule has 0 aromatic heterocycles. The summed E-state index contributed by atoms with van der Waals surface area (Å²) >= 11 is 0. The predicted octanol–water partition coefficient (Wildman–Crippen LogP) is 0.677. The van der Waals surface area contributed by atoms with Gasteiger partial charge in [0.05, 0.1) is 6.61 Å². The lowest BCUT2D eigenvalue weighted by Crippen LogP contribution is -2.42. The summed E-state index contributed by atoms with van der Waals surface area (Å²) in [6, 6.07) is 0. The molecule has 0 radical (unpaired) electrons. The van der Waals surface area contributed by atoms with Crippen molar-refractivity contribution in [3.8, 4) is 0 Å². The van der Waals surface area contributed by atoms with Crippen molar-refractivity contribution in [1.29, 1.82) is 0 Å². The lowest BCUT2D eigenvalue weighted by Gasteiger charge is -2.25. The van der Waals surface area contributed by atoms with Crippen molar-refractivity contribution in [2.45, 2.75) is 24.8 Å². The first-order chi connectivity index (χ1) is 4.83. The average Bonchev–Trinajstić information content (AvgIpc) is 2.39. The van der Waals surface area contributed by atoms with Gasteiger partial charge in [0.1, 0.15) is 0 Å². The summed E-state index contributed by atoms with van der Waals surface area (Å²) in [4.78, 5) is 0. The maximum absolute atomic E-state index is 9.04. The second kappa shape index (κ2) is 3.17. The highest BCUT2D eigenvalue weighted by atomic mass is 16.3. The largest absolute Gasteiger partial charge is 0.394 e. The van der Waals surface area contributed by atoms with Crippen LogP contribution in [0.5, 0.6) is 0 Å². The number of hydrogen-bond donors (Lipinski definition) is 2. The van der Waals surface area contributed by atoms with Gasteiger partial charge < -0.3 is 10.4 Å². The highest BCUT2D eigenvalue weighted by Crippen LogP contribution is 2.22. The van der Waals surface area contributed by atoms with Gasteiger partial charge in [-0.25, -0.2) is 0 Å². The van der Waals surface area contributed by atoms with Crippen LogP contribution in [0.1, 0.15) is 19.3 Å². The van der Waals surface area contributed by atoms with Crippen molar-refractivity contribution < 1.29 is 5.11 Å². The minimum Gasteiger partial charge on any atom is -0.394 e. The van der Waals surface area contributed by atoms with Crippen LogP contribution in [-0.2, 0) is 0 Å². The van der Waals surface area contributed by atoms with Crippen LogP contribution in [0.2, 0.25) is 0 Å². The van der Waals surface area contributed by atoms with Crippen molar-refractivity contribution in [3.63, 3.8) is 0 Å². The first-order valence-corrected chi connectivity index (χ1v) is 3.80. The molecule has 0 aromatic rings. The van der Waals surface area contributed by atoms with Crippen LogP contribution in [-0.4, -0.2) is 23.8 Å². The number of hydrogen-bond acceptors (Lipinski definition) is 2. The molecule has 2 heteroatoms. The van der Waals surface area contributed by atoms with E-state index in [1.165, 1.54) is 6.42 Å². The van der Waals surface area contributed by atoms with Gasteiger partial charge in [-0.15, -0.1) is 6.58 Å². The van der Waals surface area contributed by atoms with E-state index in [4.69, 9.17) is 5.11 Å². The Balaban J connectivity index is 2.48. The fourth-order valence-electron chi connectivity index (χ4n) is 1.52. The van der Waals surface area contributed by atoms with E-state index in [9.17, 15) is 0 Å². The van der Waals surface area contributed by atoms with Gasteiger partial charge >= 0.3 is 0 Å². The Morgan fingerprint density at radius 2 is 2.50 bits per heavy atom. The zero-order chi connectivity index (χ0) is 7.45. The molecule has 1 rings (SSSR count). The first-order valence-electron chi connectivity index (χ1n) is 3.80. The molecule has 1 fully saturated rings. The van der Waals surface area contributed by atoms with Crippen molar-refractivity contribution in [1.82, 2.24) is 5.32 Å². The Morgan fingerprint density at radius 3 is 2.90 bits per heavy atom. The highest BCUT2D eigenvalue weighted by molar-refractivity contribution is 4.97. The van der Waals surface area contributed by atoms with Gasteiger partial charge in [0.2, 0.25) is 0 Å². The van der Waals surface area contributed by atoms with E-state index in [0.717, 1.165) is 19.4 Å². The molecule has 1 saturated heterocycles. The van der Waals surface area contributed by atoms with Crippen molar-refractivity contribution in [3.05, 3.63) is 12.7 Å². The summed E-state index contributed by atoms with van der Waals surface area (Å²) < 4.78 is 0. The quantitative estimate of drug-likeness (QED) is 0.566. The Kier molecular flexibility index (Phi) is 2.46. The molecule has 1 aliphatic heterocycles. The molecule has 1 atom stereocenters. The third-order valence-corrected chi connectivity index (χ3v) is 2.17. The number of rotatable bonds is 3. The molecule has 10 heavy (non-hydrogen) atoms. The van der Waals surface area contributed by atoms with Gasteiger partial charge in [-0.3, -0.25) is 0 Å². The molecular weight excluding hydrogens is 126 g/mol. The minimum atomic E-state index is -0.0260. The topological polar surface area (TPSA) is 32.3 Å². The zero-order valence-electron chi connectivity index (χ0n) is 6.27. The van der Waals surface area contributed by atoms with Crippen LogP contribution in [0.15, 0.2) is 12.7 Å². The summed E-state index contributed by atoms with van der Waals surface area (Å²) in [6.45, 7) is 4.94. The molecular formula is C8H15NO. The minimum absolute atomic E-state index is 0.0260. The lowest BCUT2D eigenvalue weighted by atomic mass is 9.95. The average molecular weight is 141 g/mol. The molecule has 0 spiro atoms. The summed E-state index contributed by atoms with van der Waals surface area (Å²) in [6.07, 6.45) is 5.00. The summed E-state index contributed by atoms with van der Waals surface area (Å²) in [7, 11) is 0. The van der Waals surface area contributed by atoms with Crippen LogP contribution in [0.3, 0.4) is 0 Å². The molecule has 2 N–H and O–H groups in total. The standard InChI is InChI=1S/C8H15NO/c1-2-4-8(7-10)5-3-6-9-8/h2,9-10H,1,3-7H2. The van der Waals surface area contributed by atoms with Gasteiger partial charge in [0, 0.05) is 5.54 Å². The SMILES string of the molecule is C=CCC1(CO)CCCN1. The zero-order valence-corrected chi connectivity index (χ0v) is 6.27. The van der Waals surface area contributed by atoms with Gasteiger partial charge in [0.15, 0.2) is 0 Å². The third kappa shape index (κ3) is 1.39. The Hall–Kier alpha value is -0.340. The van der Waals surface area contributed by atoms with Crippen LogP contribution >= 0.6 is 0 Å². The van der Waals surface area contributed by atoms with Crippen molar-refractivity contribution in [2.75, 3.05) is 13.2 Å². The first kappa shape index (κ1) is 7.76. The van der Waals surface area contributed by atoms with Crippen LogP contribution in [0.4, 0.5) is 0 Å². The maximum atomic E-state index is 9.04. The number of nitrogens with one attached hydrogen (secondary N) is 1. The lowest BCUT2D eigenvalue weighted by molar-refractivity contribution is 0.179. The molecule has 0 aliphatic carbocycles. The van der Waals surface area contributed by atoms with Crippen LogP contribution in [0.25, 0.3) is 0 Å². The smallest absolute Gasteiger partial charge is 0.0616 e. The molecule has 1 heterocycles. The summed E-state index contributed by atoms with van der Waals surface area (Å²) in [5, 5.41) is 12.3. The summed E-state index contributed by atoms with van der Waals surface area (Å²) in [5.41, 5.74) is -0.0260. The fraction of sp³-hybridized carbons (Fsp3) is 0.750. The Morgan fingerprint density at radius 1 is 1.70 bits per heavy atom. The van der Waals surface area contributed by atoms with Gasteiger partial charge in [-0.1, -0.05) is 6.08 Å². The number of aliphatic hydroxyl groups excluding tert-OH is 1. The second-order valence-electron chi connectivity index (χ2n) is 2.96. The molecule has 58 valence electrons. The molecule has 1 aliphatic rings. The van der Waals surface area contributed by atoms with E-state index in [1.54, 1.807) is 0 Å². The van der Waals surface area contributed by atoms with E-state index < -0.39 is 0 Å². The second-order valence-corrected chi connectivity index (χ2v) is 2.96. The highest BCUT2D eigenvalue weighted by Gasteiger charge is 2.30. The van der Waals surface area contributed by atoms with Crippen molar-refractivity contribution >= 4 is 0 Å². The monoisotopic (exact) mass is 141 g/mol. The fourth-order valence-corrected chi connectivity index (χ4v) is 1.52. The molecule has 0 saturated carbocycles. The van der Waals surface area contributed by atoms with Crippen LogP contribution in [0, 0.1) is 0 Å². The van der Waals surface area contributed by atoms with Gasteiger partial charge in [-0.05, 0) is 25.8 Å². The van der Waals surface area contributed by atoms with Gasteiger partial charge in [0.25, 0.3) is 0 Å². The molecule has 1 unspecified atom stereocenters. The molecule has 2 nitrogen and oxygen atoms in total. The van der Waals surface area contributed by atoms with E-state index in [2.05, 4.69) is 11.9 Å². The third-order valence-electron chi connectivity index (χ3n) is 2.17. The van der Waals surface area contributed by atoms with Gasteiger partial charge in [-0.2, -0.15) is 0 Å². The summed E-state index contributed by atoms with van der Waals surface area (Å²) in [5.74, 6) is 0. The van der Waals surface area contributed by atoms with E-state index in [1.807, 2.05) is 6.08 Å². The number of aliphatic hydroxyl groups is 1. The Bertz CT molecular complexity index is 116. The van der Waals surface area contributed by atoms with E-state index in [-0.39, 0.29) is 12.1 Å². The molecule has 0 bridgehead atoms. The van der Waals surface area contributed by atoms with Crippen LogP contribution < -0.4 is 5.32 Å². The molecule has 0 amide bonds. The van der Waals surface area contributed by atoms with E-state index >= 15 is 0 Å². The Labute approximate surface area is 61.9 Å². The van der Waals surface area contributed by atoms with E-state index in [0.29, 0.717) is 0 Å². The predicted molar refractivity (Wildman–Crippen MR) is 41.9 cm³/mol. The molecule has 0 aromatic carbocycles.